The number of rotatable bonds is 5. The fraction of sp³-hybridized carbons (Fsp3) is 0.875. The molecule has 4 nitrogen and oxygen atoms in total. The number of nitrogens with two attached hydrogens (primary N) is 1. The highest BCUT2D eigenvalue weighted by molar-refractivity contribution is 5.77. The quantitative estimate of drug-likeness (QED) is 0.739. The Balaban J connectivity index is 3.84. The molecule has 1 atom stereocenters. The van der Waals surface area contributed by atoms with Crippen LogP contribution < -0.4 is 5.73 Å². The lowest BCUT2D eigenvalue weighted by atomic mass is 10.3. The Morgan fingerprint density at radius 2 is 2.07 bits per heavy atom. The van der Waals surface area contributed by atoms with E-state index in [9.17, 15) is 18.0 Å². The fourth-order valence-corrected chi connectivity index (χ4v) is 0.760. The van der Waals surface area contributed by atoms with Crippen molar-refractivity contribution < 1.29 is 22.7 Å². The van der Waals surface area contributed by atoms with E-state index in [-0.39, 0.29) is 12.6 Å². The summed E-state index contributed by atoms with van der Waals surface area (Å²) in [6.07, 6.45) is -4.40. The lowest BCUT2D eigenvalue weighted by Crippen LogP contribution is -2.41. The van der Waals surface area contributed by atoms with Crippen LogP contribution in [-0.2, 0) is 9.53 Å². The molecule has 1 amide bonds. The normalized spacial score (nSPS) is 13.7. The zero-order valence-corrected chi connectivity index (χ0v) is 8.67. The predicted octanol–water partition coefficient (Wildman–Crippen LogP) is 0.371. The van der Waals surface area contributed by atoms with Crippen molar-refractivity contribution in [1.82, 2.24) is 4.90 Å². The maximum Gasteiger partial charge on any atom is 0.411 e. The van der Waals surface area contributed by atoms with E-state index >= 15 is 0 Å². The number of carbonyl (C=O) groups excluding carboxylic acids is 1. The van der Waals surface area contributed by atoms with Crippen molar-refractivity contribution in [2.75, 3.05) is 26.8 Å². The molecule has 0 aliphatic rings. The summed E-state index contributed by atoms with van der Waals surface area (Å²) < 4.78 is 39.2. The Morgan fingerprint density at radius 3 is 2.47 bits per heavy atom. The van der Waals surface area contributed by atoms with E-state index in [0.717, 1.165) is 0 Å². The molecule has 0 spiro atoms. The Kier molecular flexibility index (Phi) is 5.59. The van der Waals surface area contributed by atoms with Gasteiger partial charge in [-0.15, -0.1) is 0 Å². The summed E-state index contributed by atoms with van der Waals surface area (Å²) in [5.74, 6) is -0.516. The third-order valence-corrected chi connectivity index (χ3v) is 1.89. The van der Waals surface area contributed by atoms with Crippen LogP contribution in [0.5, 0.6) is 0 Å². The van der Waals surface area contributed by atoms with Crippen molar-refractivity contribution >= 4 is 5.91 Å². The number of hydrogen-bond acceptors (Lipinski definition) is 3. The molecule has 0 saturated heterocycles. The second-order valence-electron chi connectivity index (χ2n) is 3.20. The number of hydrogen-bond donors (Lipinski definition) is 1. The lowest BCUT2D eigenvalue weighted by Gasteiger charge is -2.23. The maximum absolute atomic E-state index is 11.7. The third kappa shape index (κ3) is 6.29. The van der Waals surface area contributed by atoms with Crippen LogP contribution in [0.1, 0.15) is 6.92 Å². The van der Waals surface area contributed by atoms with Crippen molar-refractivity contribution in [2.45, 2.75) is 19.1 Å². The molecule has 0 aromatic heterocycles. The molecule has 0 aromatic rings. The second kappa shape index (κ2) is 5.92. The van der Waals surface area contributed by atoms with Gasteiger partial charge in [-0.2, -0.15) is 13.2 Å². The van der Waals surface area contributed by atoms with E-state index in [4.69, 9.17) is 5.73 Å². The van der Waals surface area contributed by atoms with E-state index in [1.165, 1.54) is 11.9 Å². The van der Waals surface area contributed by atoms with Gasteiger partial charge in [0.15, 0.2) is 0 Å². The maximum atomic E-state index is 11.7. The number of carbonyl (C=O) groups is 1. The summed E-state index contributed by atoms with van der Waals surface area (Å²) >= 11 is 0. The highest BCUT2D eigenvalue weighted by Crippen LogP contribution is 2.14. The predicted molar refractivity (Wildman–Crippen MR) is 48.2 cm³/mol. The molecule has 15 heavy (non-hydrogen) atoms. The molecule has 0 aromatic carbocycles. The van der Waals surface area contributed by atoms with Gasteiger partial charge in [-0.3, -0.25) is 4.79 Å². The first-order valence-corrected chi connectivity index (χ1v) is 4.38. The van der Waals surface area contributed by atoms with Gasteiger partial charge in [0.1, 0.15) is 13.2 Å². The first-order chi connectivity index (χ1) is 6.78. The van der Waals surface area contributed by atoms with Gasteiger partial charge in [-0.05, 0) is 6.92 Å². The SMILES string of the molecule is CC(CN)N(C)C(=O)COCC(F)(F)F. The summed E-state index contributed by atoms with van der Waals surface area (Å²) in [6.45, 7) is -0.0485. The number of halogens is 3. The van der Waals surface area contributed by atoms with Gasteiger partial charge in [-0.1, -0.05) is 0 Å². The highest BCUT2D eigenvalue weighted by Gasteiger charge is 2.28. The van der Waals surface area contributed by atoms with Crippen LogP contribution in [0.15, 0.2) is 0 Å². The van der Waals surface area contributed by atoms with Gasteiger partial charge < -0.3 is 15.4 Å². The average molecular weight is 228 g/mol. The van der Waals surface area contributed by atoms with Crippen molar-refractivity contribution in [3.05, 3.63) is 0 Å². The number of amides is 1. The molecule has 0 fully saturated rings. The van der Waals surface area contributed by atoms with Crippen molar-refractivity contribution in [2.24, 2.45) is 5.73 Å². The number of likely N-dealkylation sites (N-methyl/N-ethyl adjacent to an activating group) is 1. The molecular formula is C8H15F3N2O2. The Hall–Kier alpha value is -0.820. The van der Waals surface area contributed by atoms with Crippen LogP contribution in [0.4, 0.5) is 13.2 Å². The Morgan fingerprint density at radius 1 is 1.53 bits per heavy atom. The van der Waals surface area contributed by atoms with E-state index in [0.29, 0.717) is 0 Å². The molecule has 1 unspecified atom stereocenters. The zero-order valence-electron chi connectivity index (χ0n) is 8.67. The second-order valence-corrected chi connectivity index (χ2v) is 3.20. The summed E-state index contributed by atoms with van der Waals surface area (Å²) in [5.41, 5.74) is 5.29. The number of alkyl halides is 3. The molecule has 0 saturated carbocycles. The highest BCUT2D eigenvalue weighted by atomic mass is 19.4. The van der Waals surface area contributed by atoms with Gasteiger partial charge in [0.2, 0.25) is 5.91 Å². The lowest BCUT2D eigenvalue weighted by molar-refractivity contribution is -0.177. The molecule has 0 bridgehead atoms. The minimum absolute atomic E-state index is 0.216. The summed E-state index contributed by atoms with van der Waals surface area (Å²) in [5, 5.41) is 0. The van der Waals surface area contributed by atoms with Crippen LogP contribution in [0, 0.1) is 0 Å². The van der Waals surface area contributed by atoms with Crippen LogP contribution in [-0.4, -0.2) is 49.8 Å². The molecule has 0 aliphatic carbocycles. The molecule has 0 heterocycles. The molecule has 0 rings (SSSR count). The van der Waals surface area contributed by atoms with E-state index < -0.39 is 25.3 Å². The first-order valence-electron chi connectivity index (χ1n) is 4.38. The molecule has 2 N–H and O–H groups in total. The number of ether oxygens (including phenoxy) is 1. The van der Waals surface area contributed by atoms with Crippen LogP contribution >= 0.6 is 0 Å². The summed E-state index contributed by atoms with van der Waals surface area (Å²) in [7, 11) is 1.47. The fourth-order valence-electron chi connectivity index (χ4n) is 0.760. The van der Waals surface area contributed by atoms with Crippen LogP contribution in [0.25, 0.3) is 0 Å². The van der Waals surface area contributed by atoms with Gasteiger partial charge in [-0.25, -0.2) is 0 Å². The van der Waals surface area contributed by atoms with E-state index in [1.54, 1.807) is 6.92 Å². The molecule has 90 valence electrons. The van der Waals surface area contributed by atoms with Gasteiger partial charge in [0.05, 0.1) is 0 Å². The molecular weight excluding hydrogens is 213 g/mol. The van der Waals surface area contributed by atoms with Crippen molar-refractivity contribution in [3.63, 3.8) is 0 Å². The number of nitrogens with zero attached hydrogens (tertiary/aromatic N) is 1. The minimum Gasteiger partial charge on any atom is -0.362 e. The molecule has 0 aliphatic heterocycles. The summed E-state index contributed by atoms with van der Waals surface area (Å²) in [4.78, 5) is 12.5. The van der Waals surface area contributed by atoms with Crippen LogP contribution in [0.3, 0.4) is 0 Å². The van der Waals surface area contributed by atoms with Gasteiger partial charge in [0.25, 0.3) is 0 Å². The summed E-state index contributed by atoms with van der Waals surface area (Å²) in [6, 6.07) is -0.216. The topological polar surface area (TPSA) is 55.6 Å². The van der Waals surface area contributed by atoms with Crippen molar-refractivity contribution in [3.8, 4) is 0 Å². The first kappa shape index (κ1) is 14.2. The van der Waals surface area contributed by atoms with Crippen LogP contribution in [0.2, 0.25) is 0 Å². The van der Waals surface area contributed by atoms with Gasteiger partial charge in [0, 0.05) is 19.6 Å². The smallest absolute Gasteiger partial charge is 0.362 e. The monoisotopic (exact) mass is 228 g/mol. The van der Waals surface area contributed by atoms with Gasteiger partial charge >= 0.3 is 6.18 Å². The molecule has 0 radical (unpaired) electrons. The zero-order chi connectivity index (χ0) is 12.1. The van der Waals surface area contributed by atoms with Crippen molar-refractivity contribution in [1.29, 1.82) is 0 Å². The largest absolute Gasteiger partial charge is 0.411 e. The Bertz CT molecular complexity index is 209. The average Bonchev–Trinajstić information content (AvgIpc) is 2.13. The minimum atomic E-state index is -4.40. The third-order valence-electron chi connectivity index (χ3n) is 1.89. The Labute approximate surface area is 86.2 Å². The van der Waals surface area contributed by atoms with E-state index in [2.05, 4.69) is 4.74 Å². The molecule has 7 heteroatoms. The van der Waals surface area contributed by atoms with E-state index in [1.807, 2.05) is 0 Å². The standard InChI is InChI=1S/C8H15F3N2O2/c1-6(3-12)13(2)7(14)4-15-5-8(9,10)11/h6H,3-5,12H2,1-2H3.